The third-order valence-electron chi connectivity index (χ3n) is 1.97. The lowest BCUT2D eigenvalue weighted by Gasteiger charge is -2.18. The first-order valence-corrected chi connectivity index (χ1v) is 4.77. The van der Waals surface area contributed by atoms with Gasteiger partial charge in [-0.3, -0.25) is 0 Å². The average molecular weight is 191 g/mol. The zero-order valence-electron chi connectivity index (χ0n) is 9.24. The predicted octanol–water partition coefficient (Wildman–Crippen LogP) is 2.72. The molecule has 0 aliphatic carbocycles. The summed E-state index contributed by atoms with van der Waals surface area (Å²) < 4.78 is 0.988. The van der Waals surface area contributed by atoms with Gasteiger partial charge in [0.25, 0.3) is 0 Å². The maximum Gasteiger partial charge on any atom is 0.182 e. The van der Waals surface area contributed by atoms with Gasteiger partial charge in [-0.25, -0.2) is 4.74 Å². The molecule has 0 bridgehead atoms. The molecule has 76 valence electrons. The highest BCUT2D eigenvalue weighted by molar-refractivity contribution is 5.76. The van der Waals surface area contributed by atoms with Crippen LogP contribution in [0.2, 0.25) is 0 Å². The summed E-state index contributed by atoms with van der Waals surface area (Å²) in [4.78, 5) is 0. The lowest BCUT2D eigenvalue weighted by molar-refractivity contribution is -0.530. The molecule has 0 aliphatic rings. The normalized spacial score (nSPS) is 13.0. The van der Waals surface area contributed by atoms with Gasteiger partial charge in [-0.15, -0.1) is 0 Å². The molecule has 0 radical (unpaired) electrons. The van der Waals surface area contributed by atoms with Crippen LogP contribution in [0.4, 0.5) is 0 Å². The largest absolute Gasteiger partial charge is 0.623 e. The van der Waals surface area contributed by atoms with E-state index in [4.69, 9.17) is 0 Å². The van der Waals surface area contributed by atoms with Crippen LogP contribution in [-0.4, -0.2) is 16.5 Å². The number of benzene rings is 1. The Labute approximate surface area is 85.5 Å². The highest BCUT2D eigenvalue weighted by Crippen LogP contribution is 2.07. The van der Waals surface area contributed by atoms with Gasteiger partial charge in [0.15, 0.2) is 11.8 Å². The van der Waals surface area contributed by atoms with Gasteiger partial charge in [-0.2, -0.15) is 0 Å². The quantitative estimate of drug-likeness (QED) is 0.290. The van der Waals surface area contributed by atoms with E-state index in [1.807, 2.05) is 52.0 Å². The van der Waals surface area contributed by atoms with E-state index >= 15 is 0 Å². The summed E-state index contributed by atoms with van der Waals surface area (Å²) in [5.74, 6) is 0. The first-order chi connectivity index (χ1) is 6.39. The minimum absolute atomic E-state index is 0.371. The van der Waals surface area contributed by atoms with Crippen molar-refractivity contribution in [3.05, 3.63) is 40.6 Å². The maximum atomic E-state index is 11.6. The second kappa shape index (κ2) is 3.82. The first kappa shape index (κ1) is 10.8. The Balaban J connectivity index is 2.98. The van der Waals surface area contributed by atoms with E-state index in [0.29, 0.717) is 0 Å². The number of hydrogen-bond acceptors (Lipinski definition) is 1. The number of rotatable bonds is 1. The lowest BCUT2D eigenvalue weighted by atomic mass is 10.1. The zero-order chi connectivity index (χ0) is 10.8. The Morgan fingerprint density at radius 1 is 1.29 bits per heavy atom. The smallest absolute Gasteiger partial charge is 0.182 e. The molecule has 0 atom stereocenters. The molecule has 0 spiro atoms. The topological polar surface area (TPSA) is 26.1 Å². The fraction of sp³-hybridized carbons (Fsp3) is 0.417. The summed E-state index contributed by atoms with van der Waals surface area (Å²) in [6.45, 7) is 7.70. The van der Waals surface area contributed by atoms with Gasteiger partial charge >= 0.3 is 0 Å². The van der Waals surface area contributed by atoms with Gasteiger partial charge in [0.1, 0.15) is 0 Å². The van der Waals surface area contributed by atoms with E-state index in [1.165, 1.54) is 5.56 Å². The van der Waals surface area contributed by atoms with Crippen LogP contribution in [0.5, 0.6) is 0 Å². The molecule has 0 saturated carbocycles. The van der Waals surface area contributed by atoms with Crippen molar-refractivity contribution in [1.82, 2.24) is 0 Å². The van der Waals surface area contributed by atoms with Crippen LogP contribution in [0.3, 0.4) is 0 Å². The molecule has 0 aromatic heterocycles. The Bertz CT molecular complexity index is 348. The van der Waals surface area contributed by atoms with Crippen LogP contribution in [0.1, 0.15) is 31.9 Å². The molecular formula is C12H17NO. The first-order valence-electron chi connectivity index (χ1n) is 4.77. The molecule has 0 aliphatic heterocycles. The molecule has 14 heavy (non-hydrogen) atoms. The highest BCUT2D eigenvalue weighted by Gasteiger charge is 2.17. The van der Waals surface area contributed by atoms with Crippen molar-refractivity contribution in [2.45, 2.75) is 33.2 Å². The minimum Gasteiger partial charge on any atom is -0.623 e. The van der Waals surface area contributed by atoms with Crippen molar-refractivity contribution >= 4 is 6.21 Å². The van der Waals surface area contributed by atoms with E-state index in [0.717, 1.165) is 10.3 Å². The summed E-state index contributed by atoms with van der Waals surface area (Å²) in [6.07, 6.45) is 1.63. The van der Waals surface area contributed by atoms with Gasteiger partial charge in [0.2, 0.25) is 0 Å². The van der Waals surface area contributed by atoms with Crippen molar-refractivity contribution in [2.75, 3.05) is 0 Å². The van der Waals surface area contributed by atoms with Crippen LogP contribution in [0.15, 0.2) is 24.3 Å². The molecule has 2 nitrogen and oxygen atoms in total. The number of hydroxylamine groups is 1. The molecule has 1 rings (SSSR count). The fourth-order valence-electron chi connectivity index (χ4n) is 1.08. The zero-order valence-corrected chi connectivity index (χ0v) is 9.24. The minimum atomic E-state index is -0.371. The van der Waals surface area contributed by atoms with Crippen LogP contribution >= 0.6 is 0 Å². The van der Waals surface area contributed by atoms with Gasteiger partial charge in [0, 0.05) is 26.3 Å². The molecule has 2 heteroatoms. The monoisotopic (exact) mass is 191 g/mol. The van der Waals surface area contributed by atoms with Crippen LogP contribution < -0.4 is 0 Å². The van der Waals surface area contributed by atoms with E-state index in [-0.39, 0.29) is 5.54 Å². The summed E-state index contributed by atoms with van der Waals surface area (Å²) in [5.41, 5.74) is 1.75. The predicted molar refractivity (Wildman–Crippen MR) is 59.7 cm³/mol. The molecule has 0 heterocycles. The van der Waals surface area contributed by atoms with Crippen molar-refractivity contribution in [1.29, 1.82) is 0 Å². The molecular weight excluding hydrogens is 174 g/mol. The Hall–Kier alpha value is -1.31. The van der Waals surface area contributed by atoms with Gasteiger partial charge < -0.3 is 5.21 Å². The molecule has 0 N–H and O–H groups in total. The van der Waals surface area contributed by atoms with Crippen LogP contribution in [0, 0.1) is 12.1 Å². The van der Waals surface area contributed by atoms with Gasteiger partial charge in [-0.1, -0.05) is 17.7 Å². The van der Waals surface area contributed by atoms with E-state index < -0.39 is 0 Å². The molecule has 1 aromatic carbocycles. The van der Waals surface area contributed by atoms with E-state index in [1.54, 1.807) is 6.21 Å². The van der Waals surface area contributed by atoms with Crippen LogP contribution in [0.25, 0.3) is 0 Å². The van der Waals surface area contributed by atoms with Crippen molar-refractivity contribution in [2.24, 2.45) is 0 Å². The van der Waals surface area contributed by atoms with Crippen molar-refractivity contribution in [3.63, 3.8) is 0 Å². The third-order valence-corrected chi connectivity index (χ3v) is 1.97. The van der Waals surface area contributed by atoms with Crippen LogP contribution in [-0.2, 0) is 0 Å². The number of aryl methyl sites for hydroxylation is 1. The summed E-state index contributed by atoms with van der Waals surface area (Å²) in [5, 5.41) is 11.6. The highest BCUT2D eigenvalue weighted by atomic mass is 16.5. The SMILES string of the molecule is Cc1cccc(C=[N+]([O-])C(C)(C)C)c1. The molecule has 0 unspecified atom stereocenters. The molecule has 0 fully saturated rings. The second-order valence-corrected chi connectivity index (χ2v) is 4.54. The standard InChI is InChI=1S/C12H17NO/c1-10-6-5-7-11(8-10)9-13(14)12(2,3)4/h5-9H,1-4H3. The Kier molecular flexibility index (Phi) is 2.94. The third kappa shape index (κ3) is 2.87. The van der Waals surface area contributed by atoms with E-state index in [2.05, 4.69) is 0 Å². The lowest BCUT2D eigenvalue weighted by Crippen LogP contribution is -2.29. The molecule has 0 amide bonds. The number of nitrogens with zero attached hydrogens (tertiary/aromatic N) is 1. The average Bonchev–Trinajstić information content (AvgIpc) is 2.02. The Morgan fingerprint density at radius 2 is 1.93 bits per heavy atom. The van der Waals surface area contributed by atoms with E-state index in [9.17, 15) is 5.21 Å². The summed E-state index contributed by atoms with van der Waals surface area (Å²) >= 11 is 0. The summed E-state index contributed by atoms with van der Waals surface area (Å²) in [7, 11) is 0. The fourth-order valence-corrected chi connectivity index (χ4v) is 1.08. The van der Waals surface area contributed by atoms with Gasteiger partial charge in [0.05, 0.1) is 0 Å². The summed E-state index contributed by atoms with van der Waals surface area (Å²) in [6, 6.07) is 7.90. The van der Waals surface area contributed by atoms with Crippen molar-refractivity contribution < 1.29 is 4.74 Å². The number of hydrogen-bond donors (Lipinski definition) is 0. The molecule has 1 aromatic rings. The van der Waals surface area contributed by atoms with Gasteiger partial charge in [-0.05, 0) is 19.1 Å². The maximum absolute atomic E-state index is 11.6. The molecule has 0 saturated heterocycles. The Morgan fingerprint density at radius 3 is 2.43 bits per heavy atom. The van der Waals surface area contributed by atoms with Crippen molar-refractivity contribution in [3.8, 4) is 0 Å². The second-order valence-electron chi connectivity index (χ2n) is 4.54.